The maximum Gasteiger partial charge on any atom is 0.133 e. The third-order valence-corrected chi connectivity index (χ3v) is 2.54. The minimum Gasteiger partial charge on any atom is -0.309 e. The maximum atomic E-state index is 4.54. The lowest BCUT2D eigenvalue weighted by Gasteiger charge is -2.08. The first-order valence-electron chi connectivity index (χ1n) is 6.17. The Morgan fingerprint density at radius 3 is 2.83 bits per heavy atom. The summed E-state index contributed by atoms with van der Waals surface area (Å²) in [5, 5.41) is 3.35. The highest BCUT2D eigenvalue weighted by Gasteiger charge is 2.02. The molecule has 2 heterocycles. The van der Waals surface area contributed by atoms with Gasteiger partial charge in [0.1, 0.15) is 5.82 Å². The van der Waals surface area contributed by atoms with E-state index < -0.39 is 0 Å². The zero-order chi connectivity index (χ0) is 12.8. The molecule has 0 saturated carbocycles. The highest BCUT2D eigenvalue weighted by Crippen LogP contribution is 2.04. The fourth-order valence-corrected chi connectivity index (χ4v) is 1.62. The van der Waals surface area contributed by atoms with Gasteiger partial charge in [-0.1, -0.05) is 19.9 Å². The van der Waals surface area contributed by atoms with E-state index in [4.69, 9.17) is 0 Å². The van der Waals surface area contributed by atoms with Gasteiger partial charge < -0.3 is 5.32 Å². The Morgan fingerprint density at radius 1 is 1.22 bits per heavy atom. The number of aromatic nitrogens is 3. The van der Waals surface area contributed by atoms with Gasteiger partial charge in [0.05, 0.1) is 5.69 Å². The summed E-state index contributed by atoms with van der Waals surface area (Å²) in [6, 6.07) is 6.37. The molecule has 0 fully saturated rings. The Morgan fingerprint density at radius 2 is 2.11 bits per heavy atom. The molecule has 0 aliphatic rings. The van der Waals surface area contributed by atoms with E-state index in [0.717, 1.165) is 30.0 Å². The van der Waals surface area contributed by atoms with Crippen molar-refractivity contribution < 1.29 is 0 Å². The van der Waals surface area contributed by atoms with Crippen molar-refractivity contribution >= 4 is 0 Å². The van der Waals surface area contributed by atoms with Crippen LogP contribution in [0.4, 0.5) is 0 Å². The molecule has 0 aliphatic heterocycles. The molecule has 0 radical (unpaired) electrons. The molecule has 0 amide bonds. The third kappa shape index (κ3) is 3.89. The first kappa shape index (κ1) is 12.6. The lowest BCUT2D eigenvalue weighted by molar-refractivity contribution is 0.579. The van der Waals surface area contributed by atoms with E-state index in [1.54, 1.807) is 6.20 Å². The molecule has 4 heteroatoms. The molecule has 94 valence electrons. The quantitative estimate of drug-likeness (QED) is 0.870. The van der Waals surface area contributed by atoms with Crippen molar-refractivity contribution in [3.8, 4) is 0 Å². The second-order valence-electron chi connectivity index (χ2n) is 4.54. The standard InChI is InChI=1S/C14H18N4/c1-11(2)17-10-13-5-7-16-14(18-13)8-12-4-3-6-15-9-12/h3-7,9,11,17H,8,10H2,1-2H3. The van der Waals surface area contributed by atoms with E-state index in [0.29, 0.717) is 6.04 Å². The van der Waals surface area contributed by atoms with Crippen molar-refractivity contribution in [2.24, 2.45) is 0 Å². The average molecular weight is 242 g/mol. The normalized spacial score (nSPS) is 10.8. The second-order valence-corrected chi connectivity index (χ2v) is 4.54. The van der Waals surface area contributed by atoms with Crippen molar-refractivity contribution in [3.05, 3.63) is 53.9 Å². The molecule has 0 spiro atoms. The molecule has 0 atom stereocenters. The molecule has 18 heavy (non-hydrogen) atoms. The SMILES string of the molecule is CC(C)NCc1ccnc(Cc2cccnc2)n1. The van der Waals surface area contributed by atoms with E-state index in [-0.39, 0.29) is 0 Å². The fourth-order valence-electron chi connectivity index (χ4n) is 1.62. The van der Waals surface area contributed by atoms with E-state index >= 15 is 0 Å². The molecule has 0 aromatic carbocycles. The second kappa shape index (κ2) is 6.21. The van der Waals surface area contributed by atoms with Gasteiger partial charge in [-0.05, 0) is 17.7 Å². The van der Waals surface area contributed by atoms with Crippen molar-refractivity contribution in [2.45, 2.75) is 32.9 Å². The summed E-state index contributed by atoms with van der Waals surface area (Å²) in [6.07, 6.45) is 6.16. The van der Waals surface area contributed by atoms with Gasteiger partial charge >= 0.3 is 0 Å². The minimum absolute atomic E-state index is 0.460. The van der Waals surface area contributed by atoms with Gasteiger partial charge in [-0.25, -0.2) is 9.97 Å². The van der Waals surface area contributed by atoms with Gasteiger partial charge in [-0.2, -0.15) is 0 Å². The van der Waals surface area contributed by atoms with Crippen LogP contribution in [-0.4, -0.2) is 21.0 Å². The van der Waals surface area contributed by atoms with Crippen LogP contribution in [0.5, 0.6) is 0 Å². The largest absolute Gasteiger partial charge is 0.309 e. The zero-order valence-corrected chi connectivity index (χ0v) is 10.8. The first-order chi connectivity index (χ1) is 8.74. The summed E-state index contributed by atoms with van der Waals surface area (Å²) in [4.78, 5) is 12.9. The smallest absolute Gasteiger partial charge is 0.133 e. The summed E-state index contributed by atoms with van der Waals surface area (Å²) >= 11 is 0. The van der Waals surface area contributed by atoms with Crippen LogP contribution in [-0.2, 0) is 13.0 Å². The third-order valence-electron chi connectivity index (χ3n) is 2.54. The number of hydrogen-bond acceptors (Lipinski definition) is 4. The molecule has 0 bridgehead atoms. The molecule has 2 aromatic heterocycles. The molecule has 2 aromatic rings. The minimum atomic E-state index is 0.460. The predicted molar refractivity (Wildman–Crippen MR) is 71.1 cm³/mol. The summed E-state index contributed by atoms with van der Waals surface area (Å²) in [5.41, 5.74) is 2.16. The Kier molecular flexibility index (Phi) is 4.36. The number of nitrogens with zero attached hydrogens (tertiary/aromatic N) is 3. The highest BCUT2D eigenvalue weighted by molar-refractivity contribution is 5.15. The number of rotatable bonds is 5. The van der Waals surface area contributed by atoms with Gasteiger partial charge in [0.15, 0.2) is 0 Å². The van der Waals surface area contributed by atoms with Crippen LogP contribution in [0.3, 0.4) is 0 Å². The van der Waals surface area contributed by atoms with Crippen LogP contribution in [0.1, 0.15) is 30.9 Å². The van der Waals surface area contributed by atoms with Gasteiger partial charge in [0.2, 0.25) is 0 Å². The van der Waals surface area contributed by atoms with Crippen LogP contribution >= 0.6 is 0 Å². The van der Waals surface area contributed by atoms with E-state index in [1.807, 2.05) is 30.6 Å². The zero-order valence-electron chi connectivity index (χ0n) is 10.8. The molecule has 0 aliphatic carbocycles. The number of pyridine rings is 1. The van der Waals surface area contributed by atoms with Gasteiger partial charge in [-0.15, -0.1) is 0 Å². The van der Waals surface area contributed by atoms with Crippen molar-refractivity contribution in [2.75, 3.05) is 0 Å². The van der Waals surface area contributed by atoms with E-state index in [2.05, 4.69) is 34.1 Å². The Hall–Kier alpha value is -1.81. The molecular weight excluding hydrogens is 224 g/mol. The lowest BCUT2D eigenvalue weighted by atomic mass is 10.2. The fraction of sp³-hybridized carbons (Fsp3) is 0.357. The van der Waals surface area contributed by atoms with Crippen molar-refractivity contribution in [1.29, 1.82) is 0 Å². The van der Waals surface area contributed by atoms with Crippen LogP contribution in [0, 0.1) is 0 Å². The van der Waals surface area contributed by atoms with E-state index in [1.165, 1.54) is 0 Å². The number of nitrogens with one attached hydrogen (secondary N) is 1. The molecule has 0 unspecified atom stereocenters. The molecular formula is C14H18N4. The Labute approximate surface area is 108 Å². The summed E-state index contributed by atoms with van der Waals surface area (Å²) < 4.78 is 0. The van der Waals surface area contributed by atoms with Crippen LogP contribution in [0.15, 0.2) is 36.8 Å². The van der Waals surface area contributed by atoms with Crippen LogP contribution in [0.2, 0.25) is 0 Å². The predicted octanol–water partition coefficient (Wildman–Crippen LogP) is 1.96. The van der Waals surface area contributed by atoms with Crippen LogP contribution in [0.25, 0.3) is 0 Å². The molecule has 4 nitrogen and oxygen atoms in total. The molecule has 1 N–H and O–H groups in total. The Balaban J connectivity index is 2.03. The average Bonchev–Trinajstić information content (AvgIpc) is 2.38. The Bertz CT molecular complexity index is 482. The van der Waals surface area contributed by atoms with Crippen LogP contribution < -0.4 is 5.32 Å². The molecule has 2 rings (SSSR count). The summed E-state index contributed by atoms with van der Waals surface area (Å²) in [7, 11) is 0. The van der Waals surface area contributed by atoms with Gasteiger partial charge in [0, 0.05) is 37.6 Å². The monoisotopic (exact) mass is 242 g/mol. The molecule has 0 saturated heterocycles. The van der Waals surface area contributed by atoms with Crippen molar-refractivity contribution in [3.63, 3.8) is 0 Å². The van der Waals surface area contributed by atoms with Gasteiger partial charge in [0.25, 0.3) is 0 Å². The van der Waals surface area contributed by atoms with Gasteiger partial charge in [-0.3, -0.25) is 4.98 Å². The van der Waals surface area contributed by atoms with E-state index in [9.17, 15) is 0 Å². The first-order valence-corrected chi connectivity index (χ1v) is 6.17. The summed E-state index contributed by atoms with van der Waals surface area (Å²) in [5.74, 6) is 0.839. The maximum absolute atomic E-state index is 4.54. The lowest BCUT2D eigenvalue weighted by Crippen LogP contribution is -2.22. The highest BCUT2D eigenvalue weighted by atomic mass is 14.9. The topological polar surface area (TPSA) is 50.7 Å². The summed E-state index contributed by atoms with van der Waals surface area (Å²) in [6.45, 7) is 5.02. The number of hydrogen-bond donors (Lipinski definition) is 1. The van der Waals surface area contributed by atoms with Crippen molar-refractivity contribution in [1.82, 2.24) is 20.3 Å².